The number of rotatable bonds is 7. The maximum absolute atomic E-state index is 13.6. The van der Waals surface area contributed by atoms with Crippen molar-refractivity contribution in [1.82, 2.24) is 9.97 Å². The summed E-state index contributed by atoms with van der Waals surface area (Å²) in [6, 6.07) is 8.76. The van der Waals surface area contributed by atoms with E-state index in [1.165, 1.54) is 17.8 Å². The third kappa shape index (κ3) is 4.70. The maximum Gasteiger partial charge on any atom is 0.141 e. The van der Waals surface area contributed by atoms with Crippen LogP contribution in [-0.2, 0) is 12.2 Å². The summed E-state index contributed by atoms with van der Waals surface area (Å²) in [6.07, 6.45) is 1.91. The second-order valence-electron chi connectivity index (χ2n) is 4.66. The zero-order valence-corrected chi connectivity index (χ0v) is 13.2. The average molecular weight is 305 g/mol. The number of aryl methyl sites for hydroxylation is 1. The van der Waals surface area contributed by atoms with Crippen LogP contribution in [0.5, 0.6) is 0 Å². The van der Waals surface area contributed by atoms with Crippen LogP contribution in [0.3, 0.4) is 0 Å². The minimum atomic E-state index is -0.196. The van der Waals surface area contributed by atoms with Gasteiger partial charge in [-0.25, -0.2) is 14.4 Å². The number of aromatic nitrogens is 2. The first-order valence-corrected chi connectivity index (χ1v) is 8.19. The molecule has 0 saturated carbocycles. The Hall–Kier alpha value is -1.62. The molecule has 0 radical (unpaired) electrons. The van der Waals surface area contributed by atoms with Crippen molar-refractivity contribution in [2.24, 2.45) is 0 Å². The summed E-state index contributed by atoms with van der Waals surface area (Å²) in [6.45, 7) is 5.07. The average Bonchev–Trinajstić information content (AvgIpc) is 2.52. The van der Waals surface area contributed by atoms with Gasteiger partial charge in [0.15, 0.2) is 0 Å². The second-order valence-corrected chi connectivity index (χ2v) is 5.68. The fourth-order valence-corrected chi connectivity index (χ4v) is 2.64. The van der Waals surface area contributed by atoms with Crippen molar-refractivity contribution < 1.29 is 4.39 Å². The standard InChI is InChI=1S/C16H20FN3S/c1-3-9-18-15-10-12(4-2)19-16(20-15)11-21-14-8-6-5-7-13(14)17/h5-8,10H,3-4,9,11H2,1-2H3,(H,18,19,20). The summed E-state index contributed by atoms with van der Waals surface area (Å²) in [4.78, 5) is 9.64. The number of halogens is 1. The topological polar surface area (TPSA) is 37.8 Å². The van der Waals surface area contributed by atoms with Gasteiger partial charge in [0.25, 0.3) is 0 Å². The van der Waals surface area contributed by atoms with E-state index in [9.17, 15) is 4.39 Å². The van der Waals surface area contributed by atoms with E-state index in [-0.39, 0.29) is 5.82 Å². The third-order valence-electron chi connectivity index (χ3n) is 2.94. The van der Waals surface area contributed by atoms with E-state index in [1.807, 2.05) is 12.1 Å². The molecule has 0 unspecified atom stereocenters. The molecule has 1 N–H and O–H groups in total. The molecule has 0 spiro atoms. The van der Waals surface area contributed by atoms with E-state index in [0.29, 0.717) is 10.6 Å². The summed E-state index contributed by atoms with van der Waals surface area (Å²) in [5.74, 6) is 1.96. The fraction of sp³-hybridized carbons (Fsp3) is 0.375. The molecule has 112 valence electrons. The van der Waals surface area contributed by atoms with Gasteiger partial charge < -0.3 is 5.32 Å². The quantitative estimate of drug-likeness (QED) is 0.774. The normalized spacial score (nSPS) is 10.6. The molecular weight excluding hydrogens is 285 g/mol. The van der Waals surface area contributed by atoms with Crippen LogP contribution < -0.4 is 5.32 Å². The lowest BCUT2D eigenvalue weighted by molar-refractivity contribution is 0.602. The van der Waals surface area contributed by atoms with Crippen LogP contribution in [0.15, 0.2) is 35.2 Å². The van der Waals surface area contributed by atoms with Gasteiger partial charge >= 0.3 is 0 Å². The lowest BCUT2D eigenvalue weighted by Gasteiger charge is -2.09. The van der Waals surface area contributed by atoms with Crippen molar-refractivity contribution in [2.75, 3.05) is 11.9 Å². The van der Waals surface area contributed by atoms with Crippen LogP contribution in [0.25, 0.3) is 0 Å². The molecule has 1 aromatic carbocycles. The molecule has 0 aliphatic rings. The number of nitrogens with one attached hydrogen (secondary N) is 1. The van der Waals surface area contributed by atoms with E-state index >= 15 is 0 Å². The van der Waals surface area contributed by atoms with Crippen molar-refractivity contribution in [3.05, 3.63) is 47.7 Å². The molecule has 2 aromatic rings. The molecule has 21 heavy (non-hydrogen) atoms. The second kappa shape index (κ2) is 7.98. The SMILES string of the molecule is CCCNc1cc(CC)nc(CSc2ccccc2F)n1. The zero-order valence-electron chi connectivity index (χ0n) is 12.4. The molecule has 1 aromatic heterocycles. The van der Waals surface area contributed by atoms with Gasteiger partial charge in [-0.15, -0.1) is 11.8 Å². The number of thioether (sulfide) groups is 1. The van der Waals surface area contributed by atoms with Crippen LogP contribution in [0.4, 0.5) is 10.2 Å². The van der Waals surface area contributed by atoms with Crippen LogP contribution in [0.2, 0.25) is 0 Å². The van der Waals surface area contributed by atoms with Crippen molar-refractivity contribution in [3.63, 3.8) is 0 Å². The number of hydrogen-bond donors (Lipinski definition) is 1. The first-order valence-electron chi connectivity index (χ1n) is 7.21. The molecule has 1 heterocycles. The van der Waals surface area contributed by atoms with Crippen molar-refractivity contribution >= 4 is 17.6 Å². The molecule has 0 amide bonds. The van der Waals surface area contributed by atoms with Gasteiger partial charge in [0.1, 0.15) is 17.5 Å². The van der Waals surface area contributed by atoms with Gasteiger partial charge in [0.05, 0.1) is 5.75 Å². The predicted molar refractivity (Wildman–Crippen MR) is 86.2 cm³/mol. The summed E-state index contributed by atoms with van der Waals surface area (Å²) in [7, 11) is 0. The van der Waals surface area contributed by atoms with Gasteiger partial charge in [-0.05, 0) is 25.0 Å². The Kier molecular flexibility index (Phi) is 5.99. The van der Waals surface area contributed by atoms with Crippen molar-refractivity contribution in [3.8, 4) is 0 Å². The Labute approximate surface area is 129 Å². The van der Waals surface area contributed by atoms with Crippen LogP contribution >= 0.6 is 11.8 Å². The largest absolute Gasteiger partial charge is 0.370 e. The van der Waals surface area contributed by atoms with Crippen LogP contribution in [0, 0.1) is 5.82 Å². The molecule has 3 nitrogen and oxygen atoms in total. The summed E-state index contributed by atoms with van der Waals surface area (Å²) < 4.78 is 13.6. The summed E-state index contributed by atoms with van der Waals surface area (Å²) >= 11 is 1.42. The Balaban J connectivity index is 2.09. The molecule has 0 atom stereocenters. The zero-order chi connectivity index (χ0) is 15.1. The van der Waals surface area contributed by atoms with Crippen LogP contribution in [0.1, 0.15) is 31.8 Å². The minimum absolute atomic E-state index is 0.196. The Morgan fingerprint density at radius 3 is 2.71 bits per heavy atom. The Bertz CT molecular complexity index is 589. The van der Waals surface area contributed by atoms with Gasteiger partial charge in [-0.1, -0.05) is 26.0 Å². The lowest BCUT2D eigenvalue weighted by atomic mass is 10.3. The maximum atomic E-state index is 13.6. The molecule has 0 fully saturated rings. The molecule has 2 rings (SSSR count). The van der Waals surface area contributed by atoms with Gasteiger partial charge in [-0.3, -0.25) is 0 Å². The molecule has 0 saturated heterocycles. The third-order valence-corrected chi connectivity index (χ3v) is 3.98. The van der Waals surface area contributed by atoms with Crippen LogP contribution in [-0.4, -0.2) is 16.5 Å². The van der Waals surface area contributed by atoms with E-state index in [1.54, 1.807) is 12.1 Å². The smallest absolute Gasteiger partial charge is 0.141 e. The lowest BCUT2D eigenvalue weighted by Crippen LogP contribution is -2.06. The summed E-state index contributed by atoms with van der Waals surface area (Å²) in [5, 5.41) is 3.28. The van der Waals surface area contributed by atoms with E-state index in [4.69, 9.17) is 0 Å². The van der Waals surface area contributed by atoms with E-state index < -0.39 is 0 Å². The molecule has 0 bridgehead atoms. The first kappa shape index (κ1) is 15.8. The highest BCUT2D eigenvalue weighted by atomic mass is 32.2. The highest BCUT2D eigenvalue weighted by Crippen LogP contribution is 2.24. The van der Waals surface area contributed by atoms with E-state index in [2.05, 4.69) is 29.1 Å². The van der Waals surface area contributed by atoms with Gasteiger partial charge in [0, 0.05) is 23.2 Å². The number of hydrogen-bond acceptors (Lipinski definition) is 4. The molecular formula is C16H20FN3S. The van der Waals surface area contributed by atoms with E-state index in [0.717, 1.165) is 36.7 Å². The summed E-state index contributed by atoms with van der Waals surface area (Å²) in [5.41, 5.74) is 1.01. The molecule has 0 aliphatic carbocycles. The highest BCUT2D eigenvalue weighted by molar-refractivity contribution is 7.98. The predicted octanol–water partition coefficient (Wildman–Crippen LogP) is 4.29. The first-order chi connectivity index (χ1) is 10.2. The monoisotopic (exact) mass is 305 g/mol. The number of nitrogens with zero attached hydrogens (tertiary/aromatic N) is 2. The molecule has 0 aliphatic heterocycles. The van der Waals surface area contributed by atoms with Crippen molar-refractivity contribution in [2.45, 2.75) is 37.3 Å². The van der Waals surface area contributed by atoms with Crippen molar-refractivity contribution in [1.29, 1.82) is 0 Å². The highest BCUT2D eigenvalue weighted by Gasteiger charge is 2.07. The van der Waals surface area contributed by atoms with Gasteiger partial charge in [-0.2, -0.15) is 0 Å². The van der Waals surface area contributed by atoms with Gasteiger partial charge in [0.2, 0.25) is 0 Å². The minimum Gasteiger partial charge on any atom is -0.370 e. The number of benzene rings is 1. The fourth-order valence-electron chi connectivity index (χ4n) is 1.85. The Morgan fingerprint density at radius 2 is 2.00 bits per heavy atom. The molecule has 5 heteroatoms. The Morgan fingerprint density at radius 1 is 1.19 bits per heavy atom. The number of anilines is 1.